The number of hydrogen-bond acceptors (Lipinski definition) is 4. The van der Waals surface area contributed by atoms with E-state index in [0.29, 0.717) is 24.0 Å². The molecule has 3 aromatic rings. The molecule has 0 saturated carbocycles. The lowest BCUT2D eigenvalue weighted by Crippen LogP contribution is -2.30. The van der Waals surface area contributed by atoms with Gasteiger partial charge in [0.1, 0.15) is 12.2 Å². The molecule has 0 spiro atoms. The smallest absolute Gasteiger partial charge is 0.281 e. The van der Waals surface area contributed by atoms with Crippen LogP contribution < -0.4 is 15.5 Å². The molecular formula is C25H26N4O3S. The van der Waals surface area contributed by atoms with Crippen LogP contribution in [0.2, 0.25) is 0 Å². The van der Waals surface area contributed by atoms with E-state index in [1.807, 2.05) is 67.1 Å². The molecule has 1 fully saturated rings. The minimum absolute atomic E-state index is 0.107. The first kappa shape index (κ1) is 22.7. The number of aromatic nitrogens is 1. The molecule has 2 N–H and O–H groups in total. The number of nitrogens with one attached hydrogen (secondary N) is 2. The summed E-state index contributed by atoms with van der Waals surface area (Å²) in [5.41, 5.74) is 5.11. The van der Waals surface area contributed by atoms with Gasteiger partial charge in [0.25, 0.3) is 5.91 Å². The first-order valence-electron chi connectivity index (χ1n) is 10.7. The second-order valence-electron chi connectivity index (χ2n) is 7.97. The number of carbonyl (C=O) groups excluding carboxylic acids is 2. The Morgan fingerprint density at radius 1 is 1.18 bits per heavy atom. The first-order chi connectivity index (χ1) is 15.9. The molecule has 0 radical (unpaired) electrons. The predicted octanol–water partition coefficient (Wildman–Crippen LogP) is 3.28. The number of carbonyl (C=O) groups is 2. The van der Waals surface area contributed by atoms with Crippen molar-refractivity contribution in [3.05, 3.63) is 71.0 Å². The molecule has 2 aromatic carbocycles. The Labute approximate surface area is 198 Å². The summed E-state index contributed by atoms with van der Waals surface area (Å²) in [7, 11) is 1.59. The molecule has 0 atom stereocenters. The van der Waals surface area contributed by atoms with E-state index in [1.54, 1.807) is 13.2 Å². The molecule has 2 amide bonds. The number of amides is 2. The van der Waals surface area contributed by atoms with E-state index >= 15 is 0 Å². The highest BCUT2D eigenvalue weighted by molar-refractivity contribution is 7.80. The zero-order chi connectivity index (χ0) is 23.5. The summed E-state index contributed by atoms with van der Waals surface area (Å²) in [4.78, 5) is 27.1. The van der Waals surface area contributed by atoms with Crippen molar-refractivity contribution in [2.45, 2.75) is 20.4 Å². The van der Waals surface area contributed by atoms with E-state index in [4.69, 9.17) is 17.0 Å². The lowest BCUT2D eigenvalue weighted by atomic mass is 10.1. The van der Waals surface area contributed by atoms with Crippen LogP contribution in [-0.4, -0.2) is 41.8 Å². The van der Waals surface area contributed by atoms with Gasteiger partial charge in [-0.2, -0.15) is 0 Å². The quantitative estimate of drug-likeness (QED) is 0.320. The Morgan fingerprint density at radius 3 is 2.73 bits per heavy atom. The number of rotatable bonds is 7. The van der Waals surface area contributed by atoms with Crippen molar-refractivity contribution in [1.82, 2.24) is 15.2 Å². The van der Waals surface area contributed by atoms with E-state index in [1.165, 1.54) is 4.90 Å². The lowest BCUT2D eigenvalue weighted by Gasteiger charge is -2.15. The average Bonchev–Trinajstić information content (AvgIpc) is 3.27. The number of methoxy groups -OCH3 is 1. The van der Waals surface area contributed by atoms with Crippen LogP contribution in [0.4, 0.5) is 5.69 Å². The zero-order valence-corrected chi connectivity index (χ0v) is 19.7. The molecule has 0 unspecified atom stereocenters. The van der Waals surface area contributed by atoms with Gasteiger partial charge in [-0.3, -0.25) is 14.5 Å². The minimum Gasteiger partial charge on any atom is -0.383 e. The van der Waals surface area contributed by atoms with Crippen LogP contribution in [0.25, 0.3) is 17.0 Å². The van der Waals surface area contributed by atoms with Crippen LogP contribution in [0.3, 0.4) is 0 Å². The van der Waals surface area contributed by atoms with Gasteiger partial charge in [-0.1, -0.05) is 24.3 Å². The Bertz CT molecular complexity index is 1280. The fourth-order valence-electron chi connectivity index (χ4n) is 3.81. The van der Waals surface area contributed by atoms with Crippen molar-refractivity contribution in [3.63, 3.8) is 0 Å². The molecule has 4 rings (SSSR count). The Hall–Kier alpha value is -3.49. The van der Waals surface area contributed by atoms with Crippen LogP contribution in [0.15, 0.2) is 54.4 Å². The number of benzene rings is 2. The third-order valence-electron chi connectivity index (χ3n) is 5.69. The molecule has 7 nitrogen and oxygen atoms in total. The number of nitrogens with zero attached hydrogens (tertiary/aromatic N) is 2. The number of anilines is 1. The van der Waals surface area contributed by atoms with Gasteiger partial charge in [0.2, 0.25) is 5.91 Å². The van der Waals surface area contributed by atoms with Crippen LogP contribution in [0.5, 0.6) is 0 Å². The van der Waals surface area contributed by atoms with Crippen LogP contribution in [0, 0.1) is 13.8 Å². The molecule has 8 heteroatoms. The Morgan fingerprint density at radius 2 is 1.97 bits per heavy atom. The molecule has 1 saturated heterocycles. The third-order valence-corrected chi connectivity index (χ3v) is 5.97. The Kier molecular flexibility index (Phi) is 6.57. The zero-order valence-electron chi connectivity index (χ0n) is 18.8. The molecule has 1 aliphatic rings. The number of para-hydroxylation sites is 1. The molecule has 0 bridgehead atoms. The number of aryl methyl sites for hydroxylation is 2. The summed E-state index contributed by atoms with van der Waals surface area (Å²) >= 11 is 5.46. The number of ether oxygens (including phenoxy) is 1. The van der Waals surface area contributed by atoms with Crippen LogP contribution >= 0.6 is 12.2 Å². The van der Waals surface area contributed by atoms with E-state index < -0.39 is 0 Å². The van der Waals surface area contributed by atoms with Crippen molar-refractivity contribution >= 4 is 51.8 Å². The van der Waals surface area contributed by atoms with Gasteiger partial charge in [0.05, 0.1) is 12.3 Å². The summed E-state index contributed by atoms with van der Waals surface area (Å²) < 4.78 is 6.86. The second-order valence-corrected chi connectivity index (χ2v) is 8.36. The fourth-order valence-corrected chi connectivity index (χ4v) is 4.11. The molecule has 1 aromatic heterocycles. The minimum atomic E-state index is -0.211. The average molecular weight is 463 g/mol. The van der Waals surface area contributed by atoms with Crippen molar-refractivity contribution in [1.29, 1.82) is 0 Å². The van der Waals surface area contributed by atoms with Gasteiger partial charge in [0, 0.05) is 36.3 Å². The highest BCUT2D eigenvalue weighted by atomic mass is 32.1. The van der Waals surface area contributed by atoms with Crippen molar-refractivity contribution in [3.8, 4) is 0 Å². The third kappa shape index (κ3) is 4.67. The highest BCUT2D eigenvalue weighted by Crippen LogP contribution is 2.27. The van der Waals surface area contributed by atoms with Crippen LogP contribution in [-0.2, 0) is 20.9 Å². The maximum absolute atomic E-state index is 13.2. The number of fused-ring (bicyclic) bond motifs is 1. The van der Waals surface area contributed by atoms with Crippen molar-refractivity contribution in [2.24, 2.45) is 0 Å². The summed E-state index contributed by atoms with van der Waals surface area (Å²) in [5.74, 6) is -0.318. The maximum Gasteiger partial charge on any atom is 0.281 e. The summed E-state index contributed by atoms with van der Waals surface area (Å²) in [6.45, 7) is 5.12. The topological polar surface area (TPSA) is 75.6 Å². The van der Waals surface area contributed by atoms with E-state index in [0.717, 1.165) is 33.3 Å². The largest absolute Gasteiger partial charge is 0.383 e. The van der Waals surface area contributed by atoms with E-state index in [9.17, 15) is 9.59 Å². The van der Waals surface area contributed by atoms with Gasteiger partial charge in [-0.25, -0.2) is 0 Å². The fraction of sp³-hybridized carbons (Fsp3) is 0.240. The normalized spacial score (nSPS) is 14.9. The summed E-state index contributed by atoms with van der Waals surface area (Å²) in [5, 5.41) is 7.17. The first-order valence-corrected chi connectivity index (χ1v) is 11.1. The van der Waals surface area contributed by atoms with Crippen LogP contribution in [0.1, 0.15) is 16.7 Å². The summed E-state index contributed by atoms with van der Waals surface area (Å²) in [6, 6.07) is 13.6. The van der Waals surface area contributed by atoms with Crippen molar-refractivity contribution < 1.29 is 14.3 Å². The molecule has 33 heavy (non-hydrogen) atoms. The maximum atomic E-state index is 13.2. The summed E-state index contributed by atoms with van der Waals surface area (Å²) in [6.07, 6.45) is 3.67. The van der Waals surface area contributed by atoms with Gasteiger partial charge in [0.15, 0.2) is 5.11 Å². The predicted molar refractivity (Wildman–Crippen MR) is 134 cm³/mol. The van der Waals surface area contributed by atoms with Gasteiger partial charge < -0.3 is 19.9 Å². The monoisotopic (exact) mass is 462 g/mol. The SMILES string of the molecule is COCCNC(=O)Cn1cc(/C=C2\NC(=S)N(c3ccc(C)c(C)c3)C2=O)c2ccccc21. The van der Waals surface area contributed by atoms with E-state index in [-0.39, 0.29) is 18.4 Å². The van der Waals surface area contributed by atoms with Crippen molar-refractivity contribution in [2.75, 3.05) is 25.2 Å². The second kappa shape index (κ2) is 9.56. The van der Waals surface area contributed by atoms with Gasteiger partial charge in [-0.05, 0) is 61.5 Å². The number of thiocarbonyl (C=S) groups is 1. The number of hydrogen-bond donors (Lipinski definition) is 2. The lowest BCUT2D eigenvalue weighted by molar-refractivity contribution is -0.121. The highest BCUT2D eigenvalue weighted by Gasteiger charge is 2.32. The van der Waals surface area contributed by atoms with E-state index in [2.05, 4.69) is 10.6 Å². The molecule has 170 valence electrons. The van der Waals surface area contributed by atoms with Gasteiger partial charge in [-0.15, -0.1) is 0 Å². The molecule has 1 aliphatic heterocycles. The standard InChI is InChI=1S/C25H26N4O3S/c1-16-8-9-19(12-17(16)2)29-24(31)21(27-25(29)33)13-18-14-28(15-23(30)26-10-11-32-3)22-7-5-4-6-20(18)22/h4-9,12-14H,10-11,15H2,1-3H3,(H,26,30)(H,27,33)/b21-13-. The Balaban J connectivity index is 1.63. The molecular weight excluding hydrogens is 436 g/mol. The van der Waals surface area contributed by atoms with Gasteiger partial charge >= 0.3 is 0 Å². The molecule has 0 aliphatic carbocycles. The molecule has 2 heterocycles.